The molecule has 0 unspecified atom stereocenters. The number of allylic oxidation sites excluding steroid dienone is 4. The van der Waals surface area contributed by atoms with Crippen molar-refractivity contribution in [1.29, 1.82) is 0 Å². The number of nitrogens with one attached hydrogen (secondary N) is 2. The molecule has 0 spiro atoms. The highest BCUT2D eigenvalue weighted by molar-refractivity contribution is 6.08. The monoisotopic (exact) mass is 466 g/mol. The van der Waals surface area contributed by atoms with Gasteiger partial charge in [-0.1, -0.05) is 24.3 Å². The molecule has 0 aromatic carbocycles. The van der Waals surface area contributed by atoms with E-state index in [9.17, 15) is 28.8 Å². The molecular weight excluding hydrogens is 440 g/mol. The predicted molar refractivity (Wildman–Crippen MR) is 114 cm³/mol. The molecule has 10 heteroatoms. The van der Waals surface area contributed by atoms with E-state index < -0.39 is 11.8 Å². The van der Waals surface area contributed by atoms with Crippen LogP contribution in [-0.2, 0) is 28.8 Å². The van der Waals surface area contributed by atoms with Gasteiger partial charge >= 0.3 is 0 Å². The highest BCUT2D eigenvalue weighted by Crippen LogP contribution is 2.53. The number of imide groups is 2. The van der Waals surface area contributed by atoms with Gasteiger partial charge < -0.3 is 0 Å². The van der Waals surface area contributed by atoms with Crippen LogP contribution in [0.5, 0.6) is 0 Å². The minimum absolute atomic E-state index is 0.0472. The molecule has 4 bridgehead atoms. The number of carbonyl (C=O) groups excluding carboxylic acids is 6. The molecule has 4 fully saturated rings. The molecule has 0 radical (unpaired) electrons. The highest BCUT2D eigenvalue weighted by Gasteiger charge is 2.61. The maximum atomic E-state index is 12.6. The fourth-order valence-corrected chi connectivity index (χ4v) is 6.96. The van der Waals surface area contributed by atoms with E-state index in [-0.39, 0.29) is 83.8 Å². The maximum Gasteiger partial charge on any atom is 0.252 e. The van der Waals surface area contributed by atoms with Crippen molar-refractivity contribution < 1.29 is 28.8 Å². The Morgan fingerprint density at radius 1 is 0.618 bits per heavy atom. The van der Waals surface area contributed by atoms with E-state index in [0.29, 0.717) is 12.8 Å². The first kappa shape index (κ1) is 21.2. The third-order valence-electron chi connectivity index (χ3n) is 8.47. The van der Waals surface area contributed by atoms with Crippen LogP contribution >= 0.6 is 0 Å². The molecule has 10 nitrogen and oxygen atoms in total. The van der Waals surface area contributed by atoms with Gasteiger partial charge in [-0.2, -0.15) is 10.0 Å². The summed E-state index contributed by atoms with van der Waals surface area (Å²) in [6, 6.07) is 0. The van der Waals surface area contributed by atoms with E-state index in [0.717, 1.165) is 22.9 Å². The number of hydrogen-bond acceptors (Lipinski definition) is 6. The minimum Gasteiger partial charge on any atom is -0.273 e. The molecule has 2 heterocycles. The number of fused-ring (bicyclic) bond motifs is 10. The maximum absolute atomic E-state index is 12.6. The summed E-state index contributed by atoms with van der Waals surface area (Å²) in [6.07, 6.45) is 10.4. The Bertz CT molecular complexity index is 937. The molecule has 34 heavy (non-hydrogen) atoms. The summed E-state index contributed by atoms with van der Waals surface area (Å²) < 4.78 is 0. The van der Waals surface area contributed by atoms with Gasteiger partial charge in [0.1, 0.15) is 0 Å². The number of unbranched alkanes of at least 4 members (excludes halogenated alkanes) is 1. The summed E-state index contributed by atoms with van der Waals surface area (Å²) in [6.45, 7) is 0. The van der Waals surface area contributed by atoms with E-state index in [1.165, 1.54) is 0 Å². The summed E-state index contributed by atoms with van der Waals surface area (Å²) in [7, 11) is 0. The molecule has 0 aromatic heterocycles. The molecule has 2 saturated heterocycles. The topological polar surface area (TPSA) is 133 Å². The molecule has 0 aromatic rings. The van der Waals surface area contributed by atoms with E-state index in [4.69, 9.17) is 0 Å². The van der Waals surface area contributed by atoms with Crippen LogP contribution in [0.1, 0.15) is 38.5 Å². The number of nitrogens with zero attached hydrogens (tertiary/aromatic N) is 2. The Morgan fingerprint density at radius 2 is 0.912 bits per heavy atom. The third kappa shape index (κ3) is 3.00. The average Bonchev–Trinajstić information content (AvgIpc) is 3.65. The molecule has 8 atom stereocenters. The van der Waals surface area contributed by atoms with Crippen LogP contribution in [0.3, 0.4) is 0 Å². The van der Waals surface area contributed by atoms with Gasteiger partial charge in [0.05, 0.1) is 23.7 Å². The van der Waals surface area contributed by atoms with Crippen LogP contribution in [0.2, 0.25) is 0 Å². The average molecular weight is 466 g/mol. The third-order valence-corrected chi connectivity index (χ3v) is 8.47. The van der Waals surface area contributed by atoms with Gasteiger partial charge in [-0.25, -0.2) is 0 Å². The fourth-order valence-electron chi connectivity index (χ4n) is 6.96. The molecular formula is C24H26N4O6. The van der Waals surface area contributed by atoms with Crippen molar-refractivity contribution in [2.45, 2.75) is 38.5 Å². The van der Waals surface area contributed by atoms with Crippen LogP contribution in [0.4, 0.5) is 0 Å². The van der Waals surface area contributed by atoms with Crippen molar-refractivity contribution in [1.82, 2.24) is 20.9 Å². The van der Waals surface area contributed by atoms with Gasteiger partial charge in [-0.15, -0.1) is 0 Å². The zero-order valence-electron chi connectivity index (χ0n) is 18.5. The fraction of sp³-hybridized carbons (Fsp3) is 0.583. The number of hydrazine groups is 2. The van der Waals surface area contributed by atoms with Crippen molar-refractivity contribution in [2.75, 3.05) is 0 Å². The van der Waals surface area contributed by atoms with E-state index in [2.05, 4.69) is 10.9 Å². The van der Waals surface area contributed by atoms with Crippen LogP contribution in [0.15, 0.2) is 24.3 Å². The van der Waals surface area contributed by atoms with Gasteiger partial charge in [-0.3, -0.25) is 39.6 Å². The lowest BCUT2D eigenvalue weighted by Gasteiger charge is -2.18. The first-order chi connectivity index (χ1) is 16.3. The van der Waals surface area contributed by atoms with Gasteiger partial charge in [-0.05, 0) is 49.4 Å². The second-order valence-corrected chi connectivity index (χ2v) is 10.3. The van der Waals surface area contributed by atoms with Crippen LogP contribution in [0, 0.1) is 47.3 Å². The Hall–Kier alpha value is -3.30. The zero-order valence-corrected chi connectivity index (χ0v) is 18.5. The summed E-state index contributed by atoms with van der Waals surface area (Å²) in [4.78, 5) is 75.1. The molecule has 6 aliphatic rings. The Kier molecular flexibility index (Phi) is 4.76. The molecule has 178 valence electrons. The van der Waals surface area contributed by atoms with Crippen molar-refractivity contribution in [3.63, 3.8) is 0 Å². The largest absolute Gasteiger partial charge is 0.273 e. The Balaban J connectivity index is 0.939. The van der Waals surface area contributed by atoms with Gasteiger partial charge in [0.2, 0.25) is 11.8 Å². The van der Waals surface area contributed by atoms with Crippen LogP contribution in [0.25, 0.3) is 0 Å². The minimum atomic E-state index is -0.455. The normalized spacial score (nSPS) is 38.4. The number of carbonyl (C=O) groups is 6. The second-order valence-electron chi connectivity index (χ2n) is 10.3. The number of hydrogen-bond donors (Lipinski definition) is 2. The molecule has 2 N–H and O–H groups in total. The van der Waals surface area contributed by atoms with Crippen LogP contribution < -0.4 is 10.9 Å². The summed E-state index contributed by atoms with van der Waals surface area (Å²) in [5, 5.41) is 1.75. The summed E-state index contributed by atoms with van der Waals surface area (Å²) >= 11 is 0. The summed E-state index contributed by atoms with van der Waals surface area (Å²) in [5.74, 6) is -3.44. The van der Waals surface area contributed by atoms with Crippen LogP contribution in [-0.4, -0.2) is 45.5 Å². The summed E-state index contributed by atoms with van der Waals surface area (Å²) in [5.41, 5.74) is 4.87. The van der Waals surface area contributed by atoms with Crippen molar-refractivity contribution in [3.05, 3.63) is 24.3 Å². The van der Waals surface area contributed by atoms with E-state index in [1.54, 1.807) is 0 Å². The van der Waals surface area contributed by atoms with Gasteiger partial charge in [0.25, 0.3) is 23.6 Å². The quantitative estimate of drug-likeness (QED) is 0.313. The molecule has 4 aliphatic carbocycles. The lowest BCUT2D eigenvalue weighted by Crippen LogP contribution is -2.47. The predicted octanol–water partition coefficient (Wildman–Crippen LogP) is 0.223. The van der Waals surface area contributed by atoms with E-state index >= 15 is 0 Å². The zero-order chi connectivity index (χ0) is 23.7. The van der Waals surface area contributed by atoms with Crippen molar-refractivity contribution in [3.8, 4) is 0 Å². The lowest BCUT2D eigenvalue weighted by molar-refractivity contribution is -0.150. The molecule has 2 saturated carbocycles. The van der Waals surface area contributed by atoms with Crippen molar-refractivity contribution in [2.24, 2.45) is 47.3 Å². The lowest BCUT2D eigenvalue weighted by atomic mass is 9.85. The SMILES string of the molecule is O=C(CCCCC(=O)NN1C(=O)[C@H]2[C@H](C1=O)[C@H]1C=C[C@H]2C1)NN1C(=O)[C@@H]2[C@H](C1=O)[C@H]1C=C[C@H]2C1. The van der Waals surface area contributed by atoms with E-state index in [1.807, 2.05) is 24.3 Å². The van der Waals surface area contributed by atoms with Crippen molar-refractivity contribution >= 4 is 35.4 Å². The molecule has 6 amide bonds. The van der Waals surface area contributed by atoms with Gasteiger partial charge in [0.15, 0.2) is 0 Å². The smallest absolute Gasteiger partial charge is 0.252 e. The highest BCUT2D eigenvalue weighted by atomic mass is 16.2. The number of amides is 6. The van der Waals surface area contributed by atoms with Gasteiger partial charge in [0, 0.05) is 12.8 Å². The number of rotatable bonds is 7. The first-order valence-corrected chi connectivity index (χ1v) is 12.1. The Morgan fingerprint density at radius 3 is 1.21 bits per heavy atom. The Labute approximate surface area is 195 Å². The first-order valence-electron chi connectivity index (χ1n) is 12.1. The molecule has 6 rings (SSSR count). The molecule has 2 aliphatic heterocycles. The standard InChI is InChI=1S/C24H26N4O6/c29-15(25-27-21(31)17-11-5-6-12(9-11)18(17)22(27)32)3-1-2-4-16(30)26-28-23(33)19-13-7-8-14(10-13)20(19)24(28)34/h5-8,11-14,17-20H,1-4,9-10H2,(H,25,29)(H,26,30)/t11-,12-,13-,14-,17-,18+,19+,20+/m0/s1. The second kappa shape index (κ2) is 7.61.